The lowest BCUT2D eigenvalue weighted by atomic mass is 9.80. The van der Waals surface area contributed by atoms with Gasteiger partial charge in [0.1, 0.15) is 5.78 Å². The number of hydrogen-bond donors (Lipinski definition) is 1. The Kier molecular flexibility index (Phi) is 8.89. The lowest BCUT2D eigenvalue weighted by Crippen LogP contribution is -2.26. The van der Waals surface area contributed by atoms with Crippen LogP contribution in [0.3, 0.4) is 0 Å². The molecule has 1 aliphatic heterocycles. The van der Waals surface area contributed by atoms with E-state index < -0.39 is 0 Å². The molecule has 0 amide bonds. The maximum absolute atomic E-state index is 12.4. The van der Waals surface area contributed by atoms with E-state index in [0.717, 1.165) is 42.6 Å². The highest BCUT2D eigenvalue weighted by Gasteiger charge is 2.24. The molecule has 0 fully saturated rings. The average molecular weight is 628 g/mol. The third kappa shape index (κ3) is 6.26. The Morgan fingerprint density at radius 2 is 1.58 bits per heavy atom. The van der Waals surface area contributed by atoms with Crippen molar-refractivity contribution in [1.82, 2.24) is 0 Å². The minimum absolute atomic E-state index is 0.0348. The van der Waals surface area contributed by atoms with Gasteiger partial charge in [-0.25, -0.2) is 0 Å². The van der Waals surface area contributed by atoms with Gasteiger partial charge in [0.15, 0.2) is 0 Å². The lowest BCUT2D eigenvalue weighted by molar-refractivity contribution is -0.118. The molecule has 0 aromatic heterocycles. The topological polar surface area (TPSA) is 44.7 Å². The van der Waals surface area contributed by atoms with Crippen molar-refractivity contribution in [2.75, 3.05) is 24.3 Å². The first-order valence-corrected chi connectivity index (χ1v) is 16.8. The van der Waals surface area contributed by atoms with Crippen molar-refractivity contribution >= 4 is 35.5 Å². The van der Waals surface area contributed by atoms with E-state index in [1.807, 2.05) is 30.6 Å². The fourth-order valence-corrected chi connectivity index (χ4v) is 7.24. The van der Waals surface area contributed by atoms with E-state index in [4.69, 9.17) is 0 Å². The quantitative estimate of drug-likeness (QED) is 0.216. The molecular formula is C44H41N3O. The summed E-state index contributed by atoms with van der Waals surface area (Å²) in [5.74, 6) is 0.324. The number of aliphatic imine (C=N–C) groups is 1. The van der Waals surface area contributed by atoms with Crippen molar-refractivity contribution in [1.29, 1.82) is 0 Å². The van der Waals surface area contributed by atoms with Crippen molar-refractivity contribution in [3.05, 3.63) is 164 Å². The Bertz CT molecular complexity index is 2280. The third-order valence-corrected chi connectivity index (χ3v) is 9.58. The van der Waals surface area contributed by atoms with Gasteiger partial charge in [0.05, 0.1) is 5.70 Å². The second-order valence-corrected chi connectivity index (χ2v) is 12.9. The van der Waals surface area contributed by atoms with E-state index >= 15 is 0 Å². The first kappa shape index (κ1) is 31.1. The van der Waals surface area contributed by atoms with Crippen molar-refractivity contribution in [3.8, 4) is 11.1 Å². The number of Topliss-reactive ketones (excluding diaryl/α,β-unsaturated/α-hetero) is 1. The summed E-state index contributed by atoms with van der Waals surface area (Å²) in [5.41, 5.74) is 10.9. The number of allylic oxidation sites excluding steroid dienone is 1. The normalized spacial score (nSPS) is 15.2. The molecule has 0 radical (unpaired) electrons. The molecule has 5 aromatic carbocycles. The van der Waals surface area contributed by atoms with Crippen LogP contribution in [0.1, 0.15) is 47.9 Å². The number of rotatable bonds is 5. The summed E-state index contributed by atoms with van der Waals surface area (Å²) in [7, 11) is 4.19. The Hall–Kier alpha value is -5.48. The molecule has 8 rings (SSSR count). The fourth-order valence-electron chi connectivity index (χ4n) is 7.24. The second-order valence-electron chi connectivity index (χ2n) is 12.9. The number of ketones is 1. The van der Waals surface area contributed by atoms with Gasteiger partial charge in [-0.15, -0.1) is 0 Å². The smallest absolute Gasteiger partial charge is 0.137 e. The zero-order valence-corrected chi connectivity index (χ0v) is 27.9. The van der Waals surface area contributed by atoms with Gasteiger partial charge in [0, 0.05) is 61.4 Å². The largest absolute Gasteiger partial charge is 0.377 e. The number of benzene rings is 5. The van der Waals surface area contributed by atoms with Gasteiger partial charge in [-0.05, 0) is 81.4 Å². The SMILES string of the molecule is C1=NC(Cc2ccccc2)=CNc2ccccc21.CC(=O)[C@@H]1CCC=c2ccc3c(c21)CC=c1c(-c2ccccc2N(C)C)cccc1=3. The van der Waals surface area contributed by atoms with Gasteiger partial charge in [-0.2, -0.15) is 0 Å². The standard InChI is InChI=1S/C28H27NO.C16H14N2/c1-18(30)20-10-6-8-19-14-15-24-21-11-7-12-22(23(21)16-17-26(24)28(19)20)25-9-4-5-13-27(25)29(2)3;1-2-6-13(7-3-1)10-15-12-18-16-9-5-4-8-14(16)11-17-15/h4-5,7-9,11-16,20H,6,10,17H2,1-3H3;1-9,11-12,18H,10H2/t20-;/m0./s1. The molecule has 0 unspecified atom stereocenters. The van der Waals surface area contributed by atoms with Gasteiger partial charge in [0.25, 0.3) is 0 Å². The molecule has 2 aliphatic carbocycles. The molecule has 1 N–H and O–H groups in total. The van der Waals surface area contributed by atoms with Crippen LogP contribution in [0.5, 0.6) is 0 Å². The van der Waals surface area contributed by atoms with Crippen LogP contribution in [0.15, 0.2) is 126 Å². The molecule has 4 nitrogen and oxygen atoms in total. The number of fused-ring (bicyclic) bond motifs is 5. The number of hydrogen-bond acceptors (Lipinski definition) is 4. The van der Waals surface area contributed by atoms with Crippen LogP contribution in [0.4, 0.5) is 11.4 Å². The summed E-state index contributed by atoms with van der Waals surface area (Å²) in [4.78, 5) is 19.1. The predicted octanol–water partition coefficient (Wildman–Crippen LogP) is 7.91. The summed E-state index contributed by atoms with van der Waals surface area (Å²) >= 11 is 0. The minimum Gasteiger partial charge on any atom is -0.377 e. The molecule has 0 bridgehead atoms. The second kappa shape index (κ2) is 13.7. The average Bonchev–Trinajstić information content (AvgIpc) is 3.33. The Morgan fingerprint density at radius 1 is 0.812 bits per heavy atom. The molecule has 0 saturated heterocycles. The van der Waals surface area contributed by atoms with Crippen LogP contribution in [0, 0.1) is 10.4 Å². The number of carbonyl (C=O) groups is 1. The van der Waals surface area contributed by atoms with Gasteiger partial charge in [-0.3, -0.25) is 9.79 Å². The zero-order chi connectivity index (χ0) is 33.0. The number of para-hydroxylation sites is 2. The monoisotopic (exact) mass is 627 g/mol. The third-order valence-electron chi connectivity index (χ3n) is 9.58. The summed E-state index contributed by atoms with van der Waals surface area (Å²) < 4.78 is 0. The van der Waals surface area contributed by atoms with E-state index in [0.29, 0.717) is 0 Å². The Balaban J connectivity index is 0.000000172. The first-order valence-electron chi connectivity index (χ1n) is 16.8. The van der Waals surface area contributed by atoms with E-state index in [2.05, 4.69) is 132 Å². The lowest BCUT2D eigenvalue weighted by Gasteiger charge is -2.24. The highest BCUT2D eigenvalue weighted by molar-refractivity contribution is 5.89. The van der Waals surface area contributed by atoms with Crippen LogP contribution < -0.4 is 20.7 Å². The first-order chi connectivity index (χ1) is 23.5. The highest BCUT2D eigenvalue weighted by atomic mass is 16.1. The van der Waals surface area contributed by atoms with Crippen LogP contribution in [-0.4, -0.2) is 26.1 Å². The van der Waals surface area contributed by atoms with Crippen LogP contribution in [0.2, 0.25) is 0 Å². The van der Waals surface area contributed by atoms with Crippen LogP contribution in [0.25, 0.3) is 23.3 Å². The van der Waals surface area contributed by atoms with Gasteiger partial charge >= 0.3 is 0 Å². The number of anilines is 2. The van der Waals surface area contributed by atoms with Crippen LogP contribution >= 0.6 is 0 Å². The van der Waals surface area contributed by atoms with Gasteiger partial charge in [0.2, 0.25) is 0 Å². The number of nitrogens with zero attached hydrogens (tertiary/aromatic N) is 2. The highest BCUT2D eigenvalue weighted by Crippen LogP contribution is 2.31. The van der Waals surface area contributed by atoms with E-state index in [1.165, 1.54) is 54.4 Å². The molecule has 1 atom stereocenters. The maximum Gasteiger partial charge on any atom is 0.137 e. The molecule has 0 saturated carbocycles. The summed E-state index contributed by atoms with van der Waals surface area (Å²) in [5, 5.41) is 8.43. The van der Waals surface area contributed by atoms with Gasteiger partial charge < -0.3 is 10.2 Å². The van der Waals surface area contributed by atoms with Crippen molar-refractivity contribution < 1.29 is 4.79 Å². The summed E-state index contributed by atoms with van der Waals surface area (Å²) in [6, 6.07) is 38.2. The van der Waals surface area contributed by atoms with E-state index in [1.54, 1.807) is 6.92 Å². The van der Waals surface area contributed by atoms with Crippen molar-refractivity contribution in [2.24, 2.45) is 4.99 Å². The maximum atomic E-state index is 12.4. The predicted molar refractivity (Wildman–Crippen MR) is 201 cm³/mol. The molecular weight excluding hydrogens is 587 g/mol. The van der Waals surface area contributed by atoms with E-state index in [9.17, 15) is 4.79 Å². The molecule has 48 heavy (non-hydrogen) atoms. The molecule has 4 heteroatoms. The molecule has 5 aromatic rings. The Labute approximate surface area is 282 Å². The van der Waals surface area contributed by atoms with E-state index in [-0.39, 0.29) is 11.7 Å². The zero-order valence-electron chi connectivity index (χ0n) is 27.9. The minimum atomic E-state index is 0.0348. The van der Waals surface area contributed by atoms with Crippen LogP contribution in [-0.2, 0) is 17.6 Å². The fraction of sp³-hybridized carbons (Fsp3) is 0.182. The Morgan fingerprint density at radius 3 is 2.42 bits per heavy atom. The van der Waals surface area contributed by atoms with Gasteiger partial charge in [-0.1, -0.05) is 109 Å². The number of carbonyl (C=O) groups excluding carboxylic acids is 1. The molecule has 1 heterocycles. The number of nitrogens with one attached hydrogen (secondary N) is 1. The molecule has 238 valence electrons. The molecule has 0 spiro atoms. The molecule has 3 aliphatic rings. The summed E-state index contributed by atoms with van der Waals surface area (Å²) in [6.45, 7) is 1.75. The summed E-state index contributed by atoms with van der Waals surface area (Å²) in [6.07, 6.45) is 12.2. The van der Waals surface area contributed by atoms with Crippen molar-refractivity contribution in [2.45, 2.75) is 38.5 Å². The van der Waals surface area contributed by atoms with Crippen molar-refractivity contribution in [3.63, 3.8) is 0 Å².